The summed E-state index contributed by atoms with van der Waals surface area (Å²) in [6.07, 6.45) is 0. The van der Waals surface area contributed by atoms with Crippen LogP contribution in [-0.4, -0.2) is 18.7 Å². The van der Waals surface area contributed by atoms with E-state index in [0.717, 1.165) is 4.90 Å². The number of nitrogens with zero attached hydrogens (tertiary/aromatic N) is 1. The summed E-state index contributed by atoms with van der Waals surface area (Å²) in [4.78, 5) is 13.5. The van der Waals surface area contributed by atoms with E-state index in [1.807, 2.05) is 6.07 Å². The third-order valence-corrected chi connectivity index (χ3v) is 3.04. The van der Waals surface area contributed by atoms with Gasteiger partial charge in [-0.15, -0.1) is 11.8 Å². The van der Waals surface area contributed by atoms with Gasteiger partial charge < -0.3 is 4.90 Å². The maximum atomic E-state index is 13.3. The number of para-hydroxylation sites is 1. The molecule has 4 heteroatoms. The molecule has 1 aliphatic rings. The number of anilines is 1. The molecule has 2 rings (SSSR count). The number of halogens is 1. The molecular weight excluding hydrogens is 189 g/mol. The number of thioether (sulfide) groups is 1. The lowest BCUT2D eigenvalue weighted by Gasteiger charge is -2.25. The second-order valence-electron chi connectivity index (χ2n) is 2.83. The lowest BCUT2D eigenvalue weighted by atomic mass is 10.2. The van der Waals surface area contributed by atoms with E-state index in [0.29, 0.717) is 11.4 Å². The Hall–Kier alpha value is -1.03. The third-order valence-electron chi connectivity index (χ3n) is 2.01. The fourth-order valence-electron chi connectivity index (χ4n) is 1.30. The lowest BCUT2D eigenvalue weighted by Crippen LogP contribution is -2.32. The first-order valence-corrected chi connectivity index (χ1v) is 4.86. The molecule has 0 bridgehead atoms. The molecular formula is C9H8FNOS. The highest BCUT2D eigenvalue weighted by atomic mass is 32.2. The van der Waals surface area contributed by atoms with Crippen molar-refractivity contribution in [2.24, 2.45) is 0 Å². The molecule has 0 saturated heterocycles. The monoisotopic (exact) mass is 197 g/mol. The minimum absolute atomic E-state index is 0.0531. The van der Waals surface area contributed by atoms with Crippen LogP contribution in [0.5, 0.6) is 0 Å². The van der Waals surface area contributed by atoms with Gasteiger partial charge in [-0.2, -0.15) is 0 Å². The molecule has 0 spiro atoms. The predicted octanol–water partition coefficient (Wildman–Crippen LogP) is 1.89. The molecule has 1 aromatic rings. The van der Waals surface area contributed by atoms with Gasteiger partial charge in [0.2, 0.25) is 5.91 Å². The Bertz CT molecular complexity index is 367. The maximum Gasteiger partial charge on any atom is 0.237 e. The summed E-state index contributed by atoms with van der Waals surface area (Å²) in [6, 6.07) is 4.85. The summed E-state index contributed by atoms with van der Waals surface area (Å²) in [5, 5.41) is 0. The fourth-order valence-corrected chi connectivity index (χ4v) is 2.32. The second-order valence-corrected chi connectivity index (χ2v) is 3.85. The molecule has 1 aliphatic heterocycles. The van der Waals surface area contributed by atoms with Crippen LogP contribution in [0.4, 0.5) is 10.1 Å². The predicted molar refractivity (Wildman–Crippen MR) is 50.5 cm³/mol. The summed E-state index contributed by atoms with van der Waals surface area (Å²) in [5.41, 5.74) is 0.406. The molecule has 0 aromatic heterocycles. The molecule has 1 heterocycles. The first-order valence-electron chi connectivity index (χ1n) is 3.88. The van der Waals surface area contributed by atoms with E-state index in [9.17, 15) is 9.18 Å². The van der Waals surface area contributed by atoms with Crippen LogP contribution in [0.1, 0.15) is 0 Å². The Morgan fingerprint density at radius 3 is 3.08 bits per heavy atom. The van der Waals surface area contributed by atoms with Gasteiger partial charge in [-0.25, -0.2) is 4.39 Å². The molecule has 0 fully saturated rings. The zero-order valence-corrected chi connectivity index (χ0v) is 7.90. The van der Waals surface area contributed by atoms with Crippen LogP contribution in [0.15, 0.2) is 23.1 Å². The summed E-state index contributed by atoms with van der Waals surface area (Å²) >= 11 is 1.38. The normalized spacial score (nSPS) is 15.8. The van der Waals surface area contributed by atoms with Crippen LogP contribution in [0.25, 0.3) is 0 Å². The van der Waals surface area contributed by atoms with Gasteiger partial charge in [0.05, 0.1) is 11.4 Å². The SMILES string of the molecule is CN1C(=O)CSc2cccc(F)c21. The van der Waals surface area contributed by atoms with E-state index in [4.69, 9.17) is 0 Å². The van der Waals surface area contributed by atoms with E-state index >= 15 is 0 Å². The van der Waals surface area contributed by atoms with E-state index in [2.05, 4.69) is 0 Å². The van der Waals surface area contributed by atoms with Gasteiger partial charge in [0, 0.05) is 11.9 Å². The number of carbonyl (C=O) groups excluding carboxylic acids is 1. The van der Waals surface area contributed by atoms with Crippen molar-refractivity contribution < 1.29 is 9.18 Å². The first kappa shape index (κ1) is 8.56. The Balaban J connectivity index is 2.57. The number of benzene rings is 1. The minimum Gasteiger partial charge on any atom is -0.311 e. The topological polar surface area (TPSA) is 20.3 Å². The van der Waals surface area contributed by atoms with Gasteiger partial charge in [-0.3, -0.25) is 4.79 Å². The third kappa shape index (κ3) is 1.31. The van der Waals surface area contributed by atoms with E-state index in [-0.39, 0.29) is 11.7 Å². The number of fused-ring (bicyclic) bond motifs is 1. The van der Waals surface area contributed by atoms with Gasteiger partial charge in [-0.05, 0) is 12.1 Å². The number of carbonyl (C=O) groups is 1. The van der Waals surface area contributed by atoms with E-state index in [1.54, 1.807) is 13.1 Å². The van der Waals surface area contributed by atoms with Crippen LogP contribution in [0, 0.1) is 5.82 Å². The van der Waals surface area contributed by atoms with Crippen molar-refractivity contribution in [3.05, 3.63) is 24.0 Å². The van der Waals surface area contributed by atoms with Gasteiger partial charge in [0.15, 0.2) is 0 Å². The van der Waals surface area contributed by atoms with E-state index in [1.165, 1.54) is 22.7 Å². The van der Waals surface area contributed by atoms with Crippen LogP contribution >= 0.6 is 11.8 Å². The van der Waals surface area contributed by atoms with Crippen molar-refractivity contribution in [2.75, 3.05) is 17.7 Å². The lowest BCUT2D eigenvalue weighted by molar-refractivity contribution is -0.116. The second kappa shape index (κ2) is 3.03. The Morgan fingerprint density at radius 1 is 1.54 bits per heavy atom. The highest BCUT2D eigenvalue weighted by Gasteiger charge is 2.23. The van der Waals surface area contributed by atoms with Gasteiger partial charge in [0.1, 0.15) is 5.82 Å². The summed E-state index contributed by atoms with van der Waals surface area (Å²) in [6.45, 7) is 0. The van der Waals surface area contributed by atoms with Crippen LogP contribution in [-0.2, 0) is 4.79 Å². The summed E-state index contributed by atoms with van der Waals surface area (Å²) < 4.78 is 13.3. The molecule has 68 valence electrons. The Morgan fingerprint density at radius 2 is 2.31 bits per heavy atom. The number of hydrogen-bond acceptors (Lipinski definition) is 2. The largest absolute Gasteiger partial charge is 0.311 e. The van der Waals surface area contributed by atoms with Crippen molar-refractivity contribution in [2.45, 2.75) is 4.90 Å². The highest BCUT2D eigenvalue weighted by molar-refractivity contribution is 8.00. The molecule has 0 unspecified atom stereocenters. The molecule has 0 aliphatic carbocycles. The molecule has 13 heavy (non-hydrogen) atoms. The molecule has 0 N–H and O–H groups in total. The quantitative estimate of drug-likeness (QED) is 0.633. The molecule has 0 saturated carbocycles. The van der Waals surface area contributed by atoms with E-state index < -0.39 is 0 Å². The van der Waals surface area contributed by atoms with Crippen LogP contribution in [0.2, 0.25) is 0 Å². The maximum absolute atomic E-state index is 13.3. The summed E-state index contributed by atoms with van der Waals surface area (Å²) in [7, 11) is 1.60. The zero-order valence-electron chi connectivity index (χ0n) is 7.08. The van der Waals surface area contributed by atoms with Crippen molar-refractivity contribution >= 4 is 23.4 Å². The molecule has 1 aromatic carbocycles. The van der Waals surface area contributed by atoms with Crippen molar-refractivity contribution in [3.8, 4) is 0 Å². The Kier molecular flexibility index (Phi) is 2.00. The summed E-state index contributed by atoms with van der Waals surface area (Å²) in [5.74, 6) is 0.00981. The smallest absolute Gasteiger partial charge is 0.237 e. The van der Waals surface area contributed by atoms with Crippen LogP contribution < -0.4 is 4.90 Å². The van der Waals surface area contributed by atoms with Gasteiger partial charge in [0.25, 0.3) is 0 Å². The fraction of sp³-hybridized carbons (Fsp3) is 0.222. The number of amides is 1. The molecule has 0 atom stereocenters. The average molecular weight is 197 g/mol. The Labute approximate surface area is 79.7 Å². The van der Waals surface area contributed by atoms with Gasteiger partial charge >= 0.3 is 0 Å². The van der Waals surface area contributed by atoms with Crippen molar-refractivity contribution in [3.63, 3.8) is 0 Å². The minimum atomic E-state index is -0.333. The van der Waals surface area contributed by atoms with Crippen molar-refractivity contribution in [1.29, 1.82) is 0 Å². The molecule has 0 radical (unpaired) electrons. The number of hydrogen-bond donors (Lipinski definition) is 0. The van der Waals surface area contributed by atoms with Crippen LogP contribution in [0.3, 0.4) is 0 Å². The highest BCUT2D eigenvalue weighted by Crippen LogP contribution is 2.35. The average Bonchev–Trinajstić information content (AvgIpc) is 2.12. The van der Waals surface area contributed by atoms with Crippen molar-refractivity contribution in [1.82, 2.24) is 0 Å². The zero-order chi connectivity index (χ0) is 9.42. The number of rotatable bonds is 0. The standard InChI is InChI=1S/C9H8FNOS/c1-11-8(12)5-13-7-4-2-3-6(10)9(7)11/h2-4H,5H2,1H3. The first-order chi connectivity index (χ1) is 6.20. The molecule has 1 amide bonds. The molecule has 2 nitrogen and oxygen atoms in total. The van der Waals surface area contributed by atoms with Gasteiger partial charge in [-0.1, -0.05) is 6.07 Å².